The van der Waals surface area contributed by atoms with Gasteiger partial charge in [0, 0.05) is 5.56 Å². The van der Waals surface area contributed by atoms with E-state index in [2.05, 4.69) is 99.8 Å². The second-order valence-electron chi connectivity index (χ2n) is 8.49. The van der Waals surface area contributed by atoms with Gasteiger partial charge < -0.3 is 9.90 Å². The first-order valence-corrected chi connectivity index (χ1v) is 11.9. The van der Waals surface area contributed by atoms with Crippen LogP contribution in [-0.2, 0) is 24.1 Å². The highest BCUT2D eigenvalue weighted by Gasteiger charge is 2.04. The number of aryl methyl sites for hydroxylation is 4. The number of carbonyl (C=O) groups excluding carboxylic acids is 1. The van der Waals surface area contributed by atoms with Gasteiger partial charge in [0.2, 0.25) is 0 Å². The Morgan fingerprint density at radius 3 is 2.31 bits per heavy atom. The van der Waals surface area contributed by atoms with Crippen LogP contribution in [0.15, 0.2) is 97.6 Å². The molecular weight excluding hydrogens is 428 g/mol. The van der Waals surface area contributed by atoms with E-state index < -0.39 is 0 Å². The van der Waals surface area contributed by atoms with Crippen molar-refractivity contribution in [2.75, 3.05) is 0 Å². The van der Waals surface area contributed by atoms with Gasteiger partial charge in [-0.25, -0.2) is 0 Å². The second kappa shape index (κ2) is 14.4. The third-order valence-electron chi connectivity index (χ3n) is 5.90. The van der Waals surface area contributed by atoms with E-state index in [1.54, 1.807) is 0 Å². The highest BCUT2D eigenvalue weighted by molar-refractivity contribution is 5.62. The van der Waals surface area contributed by atoms with Crippen LogP contribution in [0.3, 0.4) is 0 Å². The lowest BCUT2D eigenvalue weighted by Gasteiger charge is -2.08. The van der Waals surface area contributed by atoms with Crippen molar-refractivity contribution >= 4 is 24.7 Å². The zero-order chi connectivity index (χ0) is 25.6. The van der Waals surface area contributed by atoms with E-state index in [-0.39, 0.29) is 5.76 Å². The Morgan fingerprint density at radius 2 is 1.60 bits per heavy atom. The summed E-state index contributed by atoms with van der Waals surface area (Å²) < 4.78 is 0. The molecule has 0 bridgehead atoms. The van der Waals surface area contributed by atoms with Crippen LogP contribution in [0.1, 0.15) is 52.3 Å². The van der Waals surface area contributed by atoms with Crippen molar-refractivity contribution in [3.63, 3.8) is 0 Å². The Morgan fingerprint density at radius 1 is 0.857 bits per heavy atom. The summed E-state index contributed by atoms with van der Waals surface area (Å²) in [6.07, 6.45) is 12.4. The minimum absolute atomic E-state index is 0.139. The van der Waals surface area contributed by atoms with E-state index in [0.717, 1.165) is 42.4 Å². The van der Waals surface area contributed by atoms with Crippen LogP contribution in [0.2, 0.25) is 0 Å². The number of hydrogen-bond donors (Lipinski definition) is 1. The fraction of sp³-hybridized carbons (Fsp3) is 0.182. The molecule has 0 amide bonds. The van der Waals surface area contributed by atoms with Gasteiger partial charge in [0.1, 0.15) is 12.5 Å². The Balaban J connectivity index is 0.00000210. The van der Waals surface area contributed by atoms with Crippen molar-refractivity contribution in [2.24, 2.45) is 0 Å². The van der Waals surface area contributed by atoms with Crippen LogP contribution in [0.5, 0.6) is 0 Å². The molecule has 0 aliphatic carbocycles. The predicted octanol–water partition coefficient (Wildman–Crippen LogP) is 8.36. The molecule has 2 nitrogen and oxygen atoms in total. The molecule has 0 aliphatic heterocycles. The lowest BCUT2D eigenvalue weighted by molar-refractivity contribution is -0.0979. The smallest absolute Gasteiger partial charge is 0.115 e. The monoisotopic (exact) mass is 464 g/mol. The molecule has 0 fully saturated rings. The molecule has 3 rings (SSSR count). The fourth-order valence-corrected chi connectivity index (χ4v) is 3.96. The highest BCUT2D eigenvalue weighted by Crippen LogP contribution is 2.19. The summed E-state index contributed by atoms with van der Waals surface area (Å²) in [6.45, 7) is 14.2. The summed E-state index contributed by atoms with van der Waals surface area (Å²) in [5.74, 6) is 0.139. The number of aliphatic hydroxyl groups excluding tert-OH is 1. The molecule has 0 radical (unpaired) electrons. The summed E-state index contributed by atoms with van der Waals surface area (Å²) in [6, 6.07) is 23.2. The molecule has 180 valence electrons. The average Bonchev–Trinajstić information content (AvgIpc) is 2.88. The van der Waals surface area contributed by atoms with Crippen LogP contribution in [0.4, 0.5) is 0 Å². The molecule has 35 heavy (non-hydrogen) atoms. The van der Waals surface area contributed by atoms with E-state index in [1.165, 1.54) is 27.8 Å². The number of benzene rings is 3. The van der Waals surface area contributed by atoms with Gasteiger partial charge in [-0.05, 0) is 71.6 Å². The van der Waals surface area contributed by atoms with E-state index in [1.807, 2.05) is 25.0 Å². The van der Waals surface area contributed by atoms with Gasteiger partial charge in [-0.2, -0.15) is 0 Å². The molecule has 3 aromatic carbocycles. The average molecular weight is 465 g/mol. The van der Waals surface area contributed by atoms with Crippen LogP contribution in [0, 0.1) is 6.92 Å². The summed E-state index contributed by atoms with van der Waals surface area (Å²) in [5, 5.41) is 9.78. The normalized spacial score (nSPS) is 10.8. The Labute approximate surface area is 210 Å². The number of allylic oxidation sites excluding steroid dienone is 3. The molecule has 0 aliphatic rings. The van der Waals surface area contributed by atoms with Gasteiger partial charge in [0.05, 0.1) is 0 Å². The van der Waals surface area contributed by atoms with Crippen LogP contribution in [-0.4, -0.2) is 11.9 Å². The molecule has 1 N–H and O–H groups in total. The van der Waals surface area contributed by atoms with Crippen molar-refractivity contribution in [3.8, 4) is 0 Å². The lowest BCUT2D eigenvalue weighted by atomic mass is 9.98. The van der Waals surface area contributed by atoms with Crippen LogP contribution < -0.4 is 0 Å². The summed E-state index contributed by atoms with van der Waals surface area (Å²) >= 11 is 0. The highest BCUT2D eigenvalue weighted by atomic mass is 16.3. The summed E-state index contributed by atoms with van der Waals surface area (Å²) in [4.78, 5) is 8.00. The SMILES string of the molecule is C=C(/C=C\c1ccc(CC)cc1C)/C=C/c1cccc(CCCc2ccccc2C(=C)O)c1.C=O. The predicted molar refractivity (Wildman–Crippen MR) is 151 cm³/mol. The molecule has 2 heteroatoms. The van der Waals surface area contributed by atoms with E-state index >= 15 is 0 Å². The number of carbonyl (C=O) groups is 1. The third kappa shape index (κ3) is 8.75. The third-order valence-corrected chi connectivity index (χ3v) is 5.90. The second-order valence-corrected chi connectivity index (χ2v) is 8.49. The van der Waals surface area contributed by atoms with Crippen molar-refractivity contribution in [2.45, 2.75) is 39.5 Å². The first-order valence-electron chi connectivity index (χ1n) is 11.9. The largest absolute Gasteiger partial charge is 0.508 e. The molecule has 0 aromatic heterocycles. The van der Waals surface area contributed by atoms with Crippen LogP contribution in [0.25, 0.3) is 17.9 Å². The van der Waals surface area contributed by atoms with Gasteiger partial charge >= 0.3 is 0 Å². The number of hydrogen-bond acceptors (Lipinski definition) is 2. The maximum atomic E-state index is 9.78. The molecule has 0 saturated carbocycles. The van der Waals surface area contributed by atoms with E-state index in [0.29, 0.717) is 0 Å². The quantitative estimate of drug-likeness (QED) is 0.242. The van der Waals surface area contributed by atoms with Crippen molar-refractivity contribution in [3.05, 3.63) is 137 Å². The first kappa shape index (κ1) is 27.3. The molecule has 0 atom stereocenters. The molecule has 0 spiro atoms. The summed E-state index contributed by atoms with van der Waals surface area (Å²) in [5.41, 5.74) is 9.34. The molecule has 0 saturated heterocycles. The summed E-state index contributed by atoms with van der Waals surface area (Å²) in [7, 11) is 0. The standard InChI is InChI=1S/C32H34O.CH2O/c1-5-27-19-21-30(25(3)22-27)20-17-24(2)16-18-29-11-8-10-28(23-29)12-9-14-31-13-6-7-15-32(31)26(4)33;1-2/h6-8,10-11,13,15-23,33H,2,4-5,9,12,14H2,1,3H3;1H2/b18-16+,20-17-;. The molecule has 0 unspecified atom stereocenters. The van der Waals surface area contributed by atoms with Gasteiger partial charge in [-0.3, -0.25) is 0 Å². The maximum absolute atomic E-state index is 9.78. The van der Waals surface area contributed by atoms with Crippen molar-refractivity contribution in [1.82, 2.24) is 0 Å². The van der Waals surface area contributed by atoms with Gasteiger partial charge in [-0.1, -0.05) is 111 Å². The van der Waals surface area contributed by atoms with Crippen molar-refractivity contribution < 1.29 is 9.90 Å². The number of aliphatic hydroxyl groups is 1. The Kier molecular flexibility index (Phi) is 11.2. The van der Waals surface area contributed by atoms with E-state index in [9.17, 15) is 5.11 Å². The van der Waals surface area contributed by atoms with Gasteiger partial charge in [-0.15, -0.1) is 0 Å². The topological polar surface area (TPSA) is 37.3 Å². The van der Waals surface area contributed by atoms with E-state index in [4.69, 9.17) is 4.79 Å². The minimum Gasteiger partial charge on any atom is -0.508 e. The zero-order valence-electron chi connectivity index (χ0n) is 21.0. The first-order chi connectivity index (χ1) is 17.0. The fourth-order valence-electron chi connectivity index (χ4n) is 3.96. The van der Waals surface area contributed by atoms with Crippen LogP contribution >= 0.6 is 0 Å². The Hall–Kier alpha value is -3.91. The van der Waals surface area contributed by atoms with Crippen molar-refractivity contribution in [1.29, 1.82) is 0 Å². The molecular formula is C33H36O2. The van der Waals surface area contributed by atoms with Gasteiger partial charge in [0.25, 0.3) is 0 Å². The maximum Gasteiger partial charge on any atom is 0.115 e. The number of rotatable bonds is 10. The molecule has 3 aromatic rings. The minimum atomic E-state index is 0.139. The molecule has 0 heterocycles. The van der Waals surface area contributed by atoms with Gasteiger partial charge in [0.15, 0.2) is 0 Å². The lowest BCUT2D eigenvalue weighted by Crippen LogP contribution is -1.95. The zero-order valence-corrected chi connectivity index (χ0v) is 21.0. The Bertz CT molecular complexity index is 1200.